The number of nitrogens with one attached hydrogen (secondary N) is 1. The number of allylic oxidation sites excluding steroid dienone is 1. The number of rotatable bonds is 4. The lowest BCUT2D eigenvalue weighted by Gasteiger charge is -2.23. The smallest absolute Gasteiger partial charge is 0.271 e. The van der Waals surface area contributed by atoms with Crippen LogP contribution in [0, 0.1) is 19.7 Å². The van der Waals surface area contributed by atoms with Crippen LogP contribution in [0.15, 0.2) is 86.1 Å². The second kappa shape index (κ2) is 8.96. The minimum Gasteiger partial charge on any atom is -0.464 e. The third-order valence-electron chi connectivity index (χ3n) is 5.86. The highest BCUT2D eigenvalue weighted by molar-refractivity contribution is 7.07. The monoisotopic (exact) mass is 487 g/mol. The van der Waals surface area contributed by atoms with Crippen LogP contribution in [0.3, 0.4) is 0 Å². The highest BCUT2D eigenvalue weighted by Gasteiger charge is 2.34. The number of nitrogens with zero attached hydrogens (tertiary/aromatic N) is 2. The molecule has 2 aromatic carbocycles. The van der Waals surface area contributed by atoms with Crippen molar-refractivity contribution in [1.82, 2.24) is 4.57 Å². The van der Waals surface area contributed by atoms with E-state index in [0.717, 1.165) is 5.56 Å². The maximum absolute atomic E-state index is 13.6. The number of thiazole rings is 1. The number of benzene rings is 2. The summed E-state index contributed by atoms with van der Waals surface area (Å²) in [7, 11) is 0. The molecule has 0 bridgehead atoms. The molecule has 0 saturated carbocycles. The van der Waals surface area contributed by atoms with Crippen molar-refractivity contribution in [3.63, 3.8) is 0 Å². The van der Waals surface area contributed by atoms with Crippen molar-refractivity contribution in [2.75, 3.05) is 5.32 Å². The van der Waals surface area contributed by atoms with Gasteiger partial charge in [0.1, 0.15) is 23.4 Å². The Bertz CT molecular complexity index is 1660. The fourth-order valence-electron chi connectivity index (χ4n) is 4.09. The number of para-hydroxylation sites is 1. The molecule has 4 aromatic rings. The number of amides is 1. The normalized spacial score (nSPS) is 15.7. The van der Waals surface area contributed by atoms with E-state index in [1.54, 1.807) is 37.3 Å². The minimum absolute atomic E-state index is 0.300. The number of aromatic nitrogens is 1. The molecule has 8 heteroatoms. The summed E-state index contributed by atoms with van der Waals surface area (Å²) < 4.78 is 21.2. The van der Waals surface area contributed by atoms with Gasteiger partial charge in [-0.15, -0.1) is 0 Å². The third kappa shape index (κ3) is 4.28. The number of fused-ring (bicyclic) bond motifs is 1. The van der Waals surface area contributed by atoms with Gasteiger partial charge in [0.05, 0.1) is 15.8 Å². The fourth-order valence-corrected chi connectivity index (χ4v) is 5.14. The number of aryl methyl sites for hydroxylation is 2. The van der Waals surface area contributed by atoms with Crippen molar-refractivity contribution in [2.45, 2.75) is 26.8 Å². The first-order chi connectivity index (χ1) is 16.8. The molecular formula is C27H22FN3O3S. The van der Waals surface area contributed by atoms with Crippen molar-refractivity contribution >= 4 is 29.0 Å². The Hall–Kier alpha value is -4.04. The summed E-state index contributed by atoms with van der Waals surface area (Å²) in [6.07, 6.45) is 1.69. The highest BCUT2D eigenvalue weighted by atomic mass is 32.1. The Kier molecular flexibility index (Phi) is 5.82. The van der Waals surface area contributed by atoms with Gasteiger partial charge in [-0.05, 0) is 68.3 Å². The SMILES string of the molecule is CC1=C(C(=O)Nc2ccccc2C)C(c2ccc(C)o2)n2c(s/c(=C/c3ccc(F)cc3)c2=O)=N1. The van der Waals surface area contributed by atoms with Gasteiger partial charge in [-0.3, -0.25) is 14.2 Å². The van der Waals surface area contributed by atoms with E-state index in [2.05, 4.69) is 10.3 Å². The average molecular weight is 488 g/mol. The lowest BCUT2D eigenvalue weighted by Crippen LogP contribution is -2.40. The fraction of sp³-hybridized carbons (Fsp3) is 0.148. The molecule has 0 fully saturated rings. The molecule has 1 unspecified atom stereocenters. The second-order valence-corrected chi connectivity index (χ2v) is 9.36. The lowest BCUT2D eigenvalue weighted by atomic mass is 10.00. The van der Waals surface area contributed by atoms with Crippen molar-refractivity contribution in [3.05, 3.63) is 120 Å². The van der Waals surface area contributed by atoms with Crippen LogP contribution in [0.25, 0.3) is 6.08 Å². The summed E-state index contributed by atoms with van der Waals surface area (Å²) >= 11 is 1.22. The first-order valence-electron chi connectivity index (χ1n) is 11.0. The highest BCUT2D eigenvalue weighted by Crippen LogP contribution is 2.32. The zero-order valence-electron chi connectivity index (χ0n) is 19.3. The summed E-state index contributed by atoms with van der Waals surface area (Å²) in [5.74, 6) is 0.437. The minimum atomic E-state index is -0.778. The average Bonchev–Trinajstić information content (AvgIpc) is 3.39. The third-order valence-corrected chi connectivity index (χ3v) is 6.84. The molecule has 5 rings (SSSR count). The van der Waals surface area contributed by atoms with Gasteiger partial charge in [0.15, 0.2) is 4.80 Å². The maximum Gasteiger partial charge on any atom is 0.271 e. The van der Waals surface area contributed by atoms with Gasteiger partial charge < -0.3 is 9.73 Å². The predicted molar refractivity (Wildman–Crippen MR) is 133 cm³/mol. The predicted octanol–water partition coefficient (Wildman–Crippen LogP) is 4.22. The van der Waals surface area contributed by atoms with E-state index >= 15 is 0 Å². The van der Waals surface area contributed by atoms with Crippen LogP contribution in [-0.4, -0.2) is 10.5 Å². The maximum atomic E-state index is 13.6. The number of anilines is 1. The molecule has 0 radical (unpaired) electrons. The van der Waals surface area contributed by atoms with Crippen LogP contribution >= 0.6 is 11.3 Å². The molecule has 0 aliphatic carbocycles. The van der Waals surface area contributed by atoms with Crippen molar-refractivity contribution in [2.24, 2.45) is 4.99 Å². The number of hydrogen-bond acceptors (Lipinski definition) is 5. The molecule has 6 nitrogen and oxygen atoms in total. The van der Waals surface area contributed by atoms with E-state index in [-0.39, 0.29) is 17.3 Å². The first kappa shape index (κ1) is 22.7. The van der Waals surface area contributed by atoms with Gasteiger partial charge in [0.2, 0.25) is 0 Å². The first-order valence-corrected chi connectivity index (χ1v) is 11.8. The van der Waals surface area contributed by atoms with Crippen LogP contribution in [0.1, 0.15) is 35.6 Å². The summed E-state index contributed by atoms with van der Waals surface area (Å²) in [6.45, 7) is 5.48. The van der Waals surface area contributed by atoms with E-state index < -0.39 is 6.04 Å². The summed E-state index contributed by atoms with van der Waals surface area (Å²) in [6, 6.07) is 16.2. The molecule has 2 aromatic heterocycles. The number of furan rings is 1. The topological polar surface area (TPSA) is 76.6 Å². The number of halogens is 1. The Labute approximate surface area is 204 Å². The van der Waals surface area contributed by atoms with Gasteiger partial charge in [-0.1, -0.05) is 41.7 Å². The quantitative estimate of drug-likeness (QED) is 0.468. The summed E-state index contributed by atoms with van der Waals surface area (Å²) in [5, 5.41) is 2.97. The lowest BCUT2D eigenvalue weighted by molar-refractivity contribution is -0.113. The van der Waals surface area contributed by atoms with Gasteiger partial charge in [0.25, 0.3) is 11.5 Å². The zero-order chi connectivity index (χ0) is 24.7. The van der Waals surface area contributed by atoms with Gasteiger partial charge in [0, 0.05) is 5.69 Å². The van der Waals surface area contributed by atoms with Gasteiger partial charge in [-0.25, -0.2) is 9.38 Å². The molecule has 176 valence electrons. The molecule has 35 heavy (non-hydrogen) atoms. The summed E-state index contributed by atoms with van der Waals surface area (Å²) in [5.41, 5.74) is 2.83. The Morgan fingerprint density at radius 2 is 1.83 bits per heavy atom. The van der Waals surface area contributed by atoms with Gasteiger partial charge in [-0.2, -0.15) is 0 Å². The van der Waals surface area contributed by atoms with E-state index in [1.807, 2.05) is 38.1 Å². The molecule has 0 spiro atoms. The van der Waals surface area contributed by atoms with Crippen LogP contribution in [-0.2, 0) is 4.79 Å². The van der Waals surface area contributed by atoms with Crippen molar-refractivity contribution in [1.29, 1.82) is 0 Å². The summed E-state index contributed by atoms with van der Waals surface area (Å²) in [4.78, 5) is 32.2. The largest absolute Gasteiger partial charge is 0.464 e. The molecule has 1 N–H and O–H groups in total. The van der Waals surface area contributed by atoms with Crippen LogP contribution < -0.4 is 20.2 Å². The van der Waals surface area contributed by atoms with E-state index in [0.29, 0.717) is 43.4 Å². The Balaban J connectivity index is 1.66. The molecule has 0 saturated heterocycles. The Morgan fingerprint density at radius 3 is 2.51 bits per heavy atom. The molecule has 1 aliphatic heterocycles. The molecular weight excluding hydrogens is 465 g/mol. The number of carbonyl (C=O) groups is 1. The molecule has 3 heterocycles. The van der Waals surface area contributed by atoms with Gasteiger partial charge >= 0.3 is 0 Å². The van der Waals surface area contributed by atoms with Crippen molar-refractivity contribution < 1.29 is 13.6 Å². The van der Waals surface area contributed by atoms with Crippen LogP contribution in [0.5, 0.6) is 0 Å². The van der Waals surface area contributed by atoms with Crippen molar-refractivity contribution in [3.8, 4) is 0 Å². The van der Waals surface area contributed by atoms with Crippen LogP contribution in [0.2, 0.25) is 0 Å². The standard InChI is InChI=1S/C27H22FN3O3S/c1-15-6-4-5-7-20(15)30-25(32)23-17(3)29-27-31(24(23)21-13-8-16(2)34-21)26(33)22(35-27)14-18-9-11-19(28)12-10-18/h4-14,24H,1-3H3,(H,30,32)/b22-14+. The Morgan fingerprint density at radius 1 is 1.09 bits per heavy atom. The number of carbonyl (C=O) groups excluding carboxylic acids is 1. The zero-order valence-corrected chi connectivity index (χ0v) is 20.2. The van der Waals surface area contributed by atoms with E-state index in [9.17, 15) is 14.0 Å². The molecule has 1 atom stereocenters. The van der Waals surface area contributed by atoms with E-state index in [4.69, 9.17) is 4.42 Å². The number of hydrogen-bond donors (Lipinski definition) is 1. The molecule has 1 aliphatic rings. The second-order valence-electron chi connectivity index (χ2n) is 8.35. The van der Waals surface area contributed by atoms with Crippen LogP contribution in [0.4, 0.5) is 10.1 Å². The molecule has 1 amide bonds. The van der Waals surface area contributed by atoms with E-state index in [1.165, 1.54) is 28.0 Å².